The topological polar surface area (TPSA) is 32.3 Å². The molecule has 0 aliphatic carbocycles. The predicted octanol–water partition coefficient (Wildman–Crippen LogP) is 3.36. The summed E-state index contributed by atoms with van der Waals surface area (Å²) in [6.07, 6.45) is -0.368. The second-order valence-electron chi connectivity index (χ2n) is 7.25. The molecule has 16 heavy (non-hydrogen) atoms. The first kappa shape index (κ1) is 16.6. The van der Waals surface area contributed by atoms with Gasteiger partial charge in [0.15, 0.2) is 0 Å². The third-order valence-electron chi connectivity index (χ3n) is 2.54. The lowest BCUT2D eigenvalue weighted by Crippen LogP contribution is -2.59. The highest BCUT2D eigenvalue weighted by molar-refractivity contribution is 14.1. The Kier molecular flexibility index (Phi) is 5.31. The third kappa shape index (κ3) is 5.82. The largest absolute Gasteiger partial charge is 0.390 e. The molecule has 98 valence electrons. The molecule has 2 unspecified atom stereocenters. The van der Waals surface area contributed by atoms with Crippen LogP contribution in [0.2, 0.25) is 0 Å². The van der Waals surface area contributed by atoms with Crippen molar-refractivity contribution in [3.63, 3.8) is 0 Å². The second kappa shape index (κ2) is 5.11. The molecule has 2 N–H and O–H groups in total. The van der Waals surface area contributed by atoms with Crippen LogP contribution in [-0.4, -0.2) is 26.2 Å². The zero-order valence-electron chi connectivity index (χ0n) is 12.0. The SMILES string of the molecule is CC(C)(C)NC(C(O)C(C)(C)I)C(C)(C)C. The van der Waals surface area contributed by atoms with Crippen LogP contribution in [0, 0.1) is 5.41 Å². The Hall–Kier alpha value is 0.650. The summed E-state index contributed by atoms with van der Waals surface area (Å²) in [6, 6.07) is 0.0828. The fourth-order valence-corrected chi connectivity index (χ4v) is 1.99. The van der Waals surface area contributed by atoms with Gasteiger partial charge in [-0.1, -0.05) is 43.4 Å². The van der Waals surface area contributed by atoms with E-state index in [2.05, 4.69) is 83.3 Å². The van der Waals surface area contributed by atoms with Crippen molar-refractivity contribution in [1.29, 1.82) is 0 Å². The minimum atomic E-state index is -0.368. The van der Waals surface area contributed by atoms with Gasteiger partial charge in [0.2, 0.25) is 0 Å². The third-order valence-corrected chi connectivity index (χ3v) is 3.18. The first-order valence-electron chi connectivity index (χ1n) is 5.90. The Morgan fingerprint density at radius 3 is 1.50 bits per heavy atom. The average Bonchev–Trinajstić information content (AvgIpc) is 1.93. The van der Waals surface area contributed by atoms with Crippen molar-refractivity contribution in [1.82, 2.24) is 5.32 Å². The summed E-state index contributed by atoms with van der Waals surface area (Å²) in [7, 11) is 0. The van der Waals surface area contributed by atoms with Crippen molar-refractivity contribution in [2.45, 2.75) is 76.5 Å². The lowest BCUT2D eigenvalue weighted by atomic mass is 9.79. The maximum Gasteiger partial charge on any atom is 0.0838 e. The van der Waals surface area contributed by atoms with Gasteiger partial charge in [-0.2, -0.15) is 0 Å². The summed E-state index contributed by atoms with van der Waals surface area (Å²) in [4.78, 5) is 0. The van der Waals surface area contributed by atoms with Crippen molar-refractivity contribution >= 4 is 22.6 Å². The minimum Gasteiger partial charge on any atom is -0.390 e. The normalized spacial score (nSPS) is 18.4. The molecule has 2 nitrogen and oxygen atoms in total. The van der Waals surface area contributed by atoms with Crippen molar-refractivity contribution in [3.05, 3.63) is 0 Å². The Morgan fingerprint density at radius 2 is 1.31 bits per heavy atom. The molecule has 2 atom stereocenters. The minimum absolute atomic E-state index is 0.0147. The highest BCUT2D eigenvalue weighted by Crippen LogP contribution is 2.32. The van der Waals surface area contributed by atoms with Crippen molar-refractivity contribution < 1.29 is 5.11 Å². The van der Waals surface area contributed by atoms with E-state index in [1.807, 2.05) is 0 Å². The number of hydrogen-bond donors (Lipinski definition) is 2. The molecule has 0 rings (SSSR count). The molecule has 0 saturated heterocycles. The van der Waals surface area contributed by atoms with Crippen LogP contribution in [-0.2, 0) is 0 Å². The zero-order chi connectivity index (χ0) is 13.4. The van der Waals surface area contributed by atoms with Crippen molar-refractivity contribution in [2.24, 2.45) is 5.41 Å². The van der Waals surface area contributed by atoms with E-state index in [1.54, 1.807) is 0 Å². The number of aliphatic hydroxyl groups excluding tert-OH is 1. The maximum absolute atomic E-state index is 10.5. The summed E-state index contributed by atoms with van der Waals surface area (Å²) in [5.74, 6) is 0. The predicted molar refractivity (Wildman–Crippen MR) is 80.2 cm³/mol. The number of rotatable bonds is 3. The highest BCUT2D eigenvalue weighted by atomic mass is 127. The van der Waals surface area contributed by atoms with E-state index >= 15 is 0 Å². The Bertz CT molecular complexity index is 220. The molecule has 0 heterocycles. The molecule has 0 aromatic heterocycles. The van der Waals surface area contributed by atoms with Crippen molar-refractivity contribution in [2.75, 3.05) is 0 Å². The molecule has 0 spiro atoms. The van der Waals surface area contributed by atoms with E-state index in [-0.39, 0.29) is 26.5 Å². The summed E-state index contributed by atoms with van der Waals surface area (Å²) >= 11 is 2.32. The molecule has 0 aliphatic heterocycles. The average molecular weight is 341 g/mol. The number of alkyl halides is 1. The molecule has 0 bridgehead atoms. The van der Waals surface area contributed by atoms with Crippen LogP contribution in [0.1, 0.15) is 55.4 Å². The van der Waals surface area contributed by atoms with Gasteiger partial charge in [-0.15, -0.1) is 0 Å². The van der Waals surface area contributed by atoms with Crippen LogP contribution in [0.5, 0.6) is 0 Å². The molecular formula is C13H28INO. The van der Waals surface area contributed by atoms with Crippen LogP contribution in [0.4, 0.5) is 0 Å². The highest BCUT2D eigenvalue weighted by Gasteiger charge is 2.40. The molecule has 0 aromatic carbocycles. The summed E-state index contributed by atoms with van der Waals surface area (Å²) in [5, 5.41) is 14.0. The standard InChI is InChI=1S/C13H28INO/c1-11(2,3)9(15-12(4,5)6)10(16)13(7,8)14/h9-10,15-16H,1-8H3. The molecule has 0 saturated carbocycles. The van der Waals surface area contributed by atoms with Gasteiger partial charge < -0.3 is 10.4 Å². The number of aliphatic hydroxyl groups is 1. The van der Waals surface area contributed by atoms with E-state index in [4.69, 9.17) is 0 Å². The molecular weight excluding hydrogens is 313 g/mol. The molecule has 0 aliphatic rings. The first-order chi connectivity index (χ1) is 6.75. The Balaban J connectivity index is 4.98. The molecule has 0 radical (unpaired) electrons. The van der Waals surface area contributed by atoms with Crippen LogP contribution in [0.3, 0.4) is 0 Å². The number of nitrogens with one attached hydrogen (secondary N) is 1. The zero-order valence-corrected chi connectivity index (χ0v) is 14.1. The van der Waals surface area contributed by atoms with Gasteiger partial charge in [-0.25, -0.2) is 0 Å². The van der Waals surface area contributed by atoms with Gasteiger partial charge in [-0.3, -0.25) is 0 Å². The smallest absolute Gasteiger partial charge is 0.0838 e. The van der Waals surface area contributed by atoms with Crippen LogP contribution >= 0.6 is 22.6 Å². The van der Waals surface area contributed by atoms with Crippen LogP contribution < -0.4 is 5.32 Å². The van der Waals surface area contributed by atoms with E-state index in [9.17, 15) is 5.11 Å². The lowest BCUT2D eigenvalue weighted by Gasteiger charge is -2.43. The molecule has 3 heteroatoms. The van der Waals surface area contributed by atoms with Crippen LogP contribution in [0.25, 0.3) is 0 Å². The summed E-state index contributed by atoms with van der Waals surface area (Å²) in [5.41, 5.74) is 0.0515. The van der Waals surface area contributed by atoms with Gasteiger partial charge in [0.05, 0.1) is 6.10 Å². The van der Waals surface area contributed by atoms with E-state index in [0.717, 1.165) is 0 Å². The fraction of sp³-hybridized carbons (Fsp3) is 1.00. The lowest BCUT2D eigenvalue weighted by molar-refractivity contribution is 0.0399. The van der Waals surface area contributed by atoms with E-state index in [1.165, 1.54) is 0 Å². The van der Waals surface area contributed by atoms with Gasteiger partial charge in [0.25, 0.3) is 0 Å². The summed E-state index contributed by atoms with van der Waals surface area (Å²) < 4.78 is -0.131. The van der Waals surface area contributed by atoms with Crippen molar-refractivity contribution in [3.8, 4) is 0 Å². The number of halogens is 1. The first-order valence-corrected chi connectivity index (χ1v) is 6.98. The Morgan fingerprint density at radius 1 is 0.938 bits per heavy atom. The van der Waals surface area contributed by atoms with Crippen LogP contribution in [0.15, 0.2) is 0 Å². The van der Waals surface area contributed by atoms with E-state index in [0.29, 0.717) is 0 Å². The molecule has 0 fully saturated rings. The van der Waals surface area contributed by atoms with Gasteiger partial charge >= 0.3 is 0 Å². The van der Waals surface area contributed by atoms with E-state index < -0.39 is 0 Å². The van der Waals surface area contributed by atoms with Gasteiger partial charge in [0, 0.05) is 15.0 Å². The maximum atomic E-state index is 10.5. The summed E-state index contributed by atoms with van der Waals surface area (Å²) in [6.45, 7) is 17.1. The molecule has 0 amide bonds. The molecule has 0 aromatic rings. The second-order valence-corrected chi connectivity index (χ2v) is 10.0. The quantitative estimate of drug-likeness (QED) is 0.609. The monoisotopic (exact) mass is 341 g/mol. The van der Waals surface area contributed by atoms with Gasteiger partial charge in [0.1, 0.15) is 0 Å². The number of hydrogen-bond acceptors (Lipinski definition) is 2. The van der Waals surface area contributed by atoms with Gasteiger partial charge in [-0.05, 0) is 40.0 Å². The Labute approximate surface area is 115 Å². The fourth-order valence-electron chi connectivity index (χ4n) is 1.63.